The fourth-order valence-corrected chi connectivity index (χ4v) is 1.32. The molecule has 4 heteroatoms. The predicted octanol–water partition coefficient (Wildman–Crippen LogP) is 1.86. The standard InChI is InChI=1S/C7H4O3S/c8-7(9)4-1-3-2-5(11)6(4)10-3/h1-2,11H,(H,8,9). The van der Waals surface area contributed by atoms with E-state index in [1.165, 1.54) is 6.07 Å². The maximum absolute atomic E-state index is 10.5. The average Bonchev–Trinajstić information content (AvgIpc) is 2.43. The summed E-state index contributed by atoms with van der Waals surface area (Å²) < 4.78 is 5.05. The number of fused-ring (bicyclic) bond motifs is 2. The van der Waals surface area contributed by atoms with E-state index in [-0.39, 0.29) is 5.56 Å². The van der Waals surface area contributed by atoms with Gasteiger partial charge in [0.1, 0.15) is 11.1 Å². The Labute approximate surface area is 67.4 Å². The molecule has 2 bridgehead atoms. The van der Waals surface area contributed by atoms with Crippen molar-refractivity contribution in [3.05, 3.63) is 17.7 Å². The fourth-order valence-electron chi connectivity index (χ4n) is 1.03. The van der Waals surface area contributed by atoms with Gasteiger partial charge in [0, 0.05) is 0 Å². The van der Waals surface area contributed by atoms with Gasteiger partial charge in [0.25, 0.3) is 0 Å². The van der Waals surface area contributed by atoms with Crippen molar-refractivity contribution in [2.24, 2.45) is 0 Å². The highest BCUT2D eigenvalue weighted by molar-refractivity contribution is 7.80. The highest BCUT2D eigenvalue weighted by Gasteiger charge is 2.16. The summed E-state index contributed by atoms with van der Waals surface area (Å²) in [7, 11) is 0. The Morgan fingerprint density at radius 2 is 2.27 bits per heavy atom. The van der Waals surface area contributed by atoms with Gasteiger partial charge in [-0.3, -0.25) is 0 Å². The Hall–Kier alpha value is -1.16. The second-order valence-electron chi connectivity index (χ2n) is 2.23. The molecule has 2 aromatic heterocycles. The van der Waals surface area contributed by atoms with Gasteiger partial charge in [-0.25, -0.2) is 4.79 Å². The molecule has 0 aliphatic heterocycles. The summed E-state index contributed by atoms with van der Waals surface area (Å²) in [6, 6.07) is 3.17. The Morgan fingerprint density at radius 1 is 1.55 bits per heavy atom. The van der Waals surface area contributed by atoms with E-state index in [0.717, 1.165) is 0 Å². The molecule has 0 aliphatic carbocycles. The number of hydrogen-bond donors (Lipinski definition) is 2. The third kappa shape index (κ3) is 0.793. The molecule has 0 aromatic carbocycles. The van der Waals surface area contributed by atoms with Crippen LogP contribution in [0.3, 0.4) is 0 Å². The molecule has 0 unspecified atom stereocenters. The second kappa shape index (κ2) is 1.92. The maximum Gasteiger partial charge on any atom is 0.339 e. The maximum atomic E-state index is 10.5. The Morgan fingerprint density at radius 3 is 2.64 bits per heavy atom. The van der Waals surface area contributed by atoms with Crippen LogP contribution in [0, 0.1) is 0 Å². The van der Waals surface area contributed by atoms with E-state index in [4.69, 9.17) is 9.52 Å². The lowest BCUT2D eigenvalue weighted by atomic mass is 10.2. The molecule has 0 radical (unpaired) electrons. The molecule has 0 saturated carbocycles. The average molecular weight is 168 g/mol. The minimum Gasteiger partial charge on any atom is -0.478 e. The van der Waals surface area contributed by atoms with Crippen LogP contribution in [0.2, 0.25) is 0 Å². The summed E-state index contributed by atoms with van der Waals surface area (Å²) in [6.07, 6.45) is 0. The van der Waals surface area contributed by atoms with E-state index >= 15 is 0 Å². The number of thiol groups is 1. The van der Waals surface area contributed by atoms with Gasteiger partial charge in [0.15, 0.2) is 5.58 Å². The Balaban J connectivity index is 2.76. The van der Waals surface area contributed by atoms with Gasteiger partial charge >= 0.3 is 5.97 Å². The van der Waals surface area contributed by atoms with Crippen LogP contribution in [0.4, 0.5) is 0 Å². The number of furan rings is 2. The second-order valence-corrected chi connectivity index (χ2v) is 2.71. The lowest BCUT2D eigenvalue weighted by Gasteiger charge is -1.88. The van der Waals surface area contributed by atoms with Crippen molar-refractivity contribution < 1.29 is 14.3 Å². The number of carbonyl (C=O) groups is 1. The van der Waals surface area contributed by atoms with E-state index < -0.39 is 5.97 Å². The zero-order valence-electron chi connectivity index (χ0n) is 5.37. The number of carboxylic acids is 1. The first-order valence-electron chi connectivity index (χ1n) is 2.96. The largest absolute Gasteiger partial charge is 0.478 e. The Kier molecular flexibility index (Phi) is 1.14. The molecule has 56 valence electrons. The van der Waals surface area contributed by atoms with Crippen molar-refractivity contribution in [2.45, 2.75) is 4.90 Å². The zero-order chi connectivity index (χ0) is 8.01. The summed E-state index contributed by atoms with van der Waals surface area (Å²) in [5, 5.41) is 8.61. The van der Waals surface area contributed by atoms with Gasteiger partial charge in [-0.1, -0.05) is 0 Å². The van der Waals surface area contributed by atoms with E-state index in [9.17, 15) is 4.79 Å². The van der Waals surface area contributed by atoms with Crippen molar-refractivity contribution in [3.63, 3.8) is 0 Å². The third-order valence-corrected chi connectivity index (χ3v) is 1.83. The third-order valence-electron chi connectivity index (χ3n) is 1.49. The van der Waals surface area contributed by atoms with Crippen molar-refractivity contribution in [1.82, 2.24) is 0 Å². The number of hydrogen-bond acceptors (Lipinski definition) is 3. The summed E-state index contributed by atoms with van der Waals surface area (Å²) in [6.45, 7) is 0. The highest BCUT2D eigenvalue weighted by Crippen LogP contribution is 2.29. The minimum absolute atomic E-state index is 0.188. The monoisotopic (exact) mass is 168 g/mol. The number of rotatable bonds is 1. The van der Waals surface area contributed by atoms with Crippen LogP contribution in [0.15, 0.2) is 21.4 Å². The molecule has 11 heavy (non-hydrogen) atoms. The molecule has 0 fully saturated rings. The smallest absolute Gasteiger partial charge is 0.339 e. The lowest BCUT2D eigenvalue weighted by molar-refractivity contribution is 0.0698. The first-order chi connectivity index (χ1) is 5.18. The number of aromatic carboxylic acids is 1. The molecule has 0 saturated heterocycles. The van der Waals surface area contributed by atoms with E-state index in [2.05, 4.69) is 12.6 Å². The normalized spacial score (nSPS) is 11.0. The van der Waals surface area contributed by atoms with Crippen LogP contribution < -0.4 is 0 Å². The molecule has 3 nitrogen and oxygen atoms in total. The van der Waals surface area contributed by atoms with E-state index in [0.29, 0.717) is 16.1 Å². The molecule has 2 aromatic rings. The van der Waals surface area contributed by atoms with Gasteiger partial charge in [-0.2, -0.15) is 0 Å². The topological polar surface area (TPSA) is 50.4 Å². The molecular formula is C7H4O3S. The van der Waals surface area contributed by atoms with Crippen molar-refractivity contribution in [2.75, 3.05) is 0 Å². The van der Waals surface area contributed by atoms with Crippen molar-refractivity contribution >= 4 is 29.8 Å². The van der Waals surface area contributed by atoms with Crippen LogP contribution in [-0.2, 0) is 0 Å². The van der Waals surface area contributed by atoms with E-state index in [1.54, 1.807) is 6.07 Å². The Bertz CT molecular complexity index is 404. The first-order valence-corrected chi connectivity index (χ1v) is 3.41. The van der Waals surface area contributed by atoms with Gasteiger partial charge in [0.2, 0.25) is 0 Å². The molecule has 0 spiro atoms. The van der Waals surface area contributed by atoms with Gasteiger partial charge in [0.05, 0.1) is 4.90 Å². The van der Waals surface area contributed by atoms with Crippen LogP contribution in [-0.4, -0.2) is 11.1 Å². The fraction of sp³-hybridized carbons (Fsp3) is 0. The number of benzene rings is 1. The van der Waals surface area contributed by atoms with Crippen LogP contribution >= 0.6 is 12.6 Å². The van der Waals surface area contributed by atoms with Crippen LogP contribution in [0.5, 0.6) is 0 Å². The summed E-state index contributed by atoms with van der Waals surface area (Å²) >= 11 is 4.03. The lowest BCUT2D eigenvalue weighted by Crippen LogP contribution is -1.93. The predicted molar refractivity (Wildman–Crippen MR) is 41.6 cm³/mol. The van der Waals surface area contributed by atoms with Crippen molar-refractivity contribution in [3.8, 4) is 0 Å². The first kappa shape index (κ1) is 6.54. The van der Waals surface area contributed by atoms with Gasteiger partial charge in [-0.05, 0) is 12.1 Å². The molecule has 1 N–H and O–H groups in total. The molecule has 2 heterocycles. The van der Waals surface area contributed by atoms with Crippen LogP contribution in [0.1, 0.15) is 10.4 Å². The summed E-state index contributed by atoms with van der Waals surface area (Å²) in [4.78, 5) is 11.1. The van der Waals surface area contributed by atoms with Crippen LogP contribution in [0.25, 0.3) is 11.2 Å². The number of carboxylic acid groups (broad SMARTS) is 1. The molecule has 2 rings (SSSR count). The summed E-state index contributed by atoms with van der Waals surface area (Å²) in [5.74, 6) is -0.977. The van der Waals surface area contributed by atoms with Crippen molar-refractivity contribution in [1.29, 1.82) is 0 Å². The molecule has 0 aliphatic rings. The highest BCUT2D eigenvalue weighted by atomic mass is 32.1. The van der Waals surface area contributed by atoms with E-state index in [1.807, 2.05) is 0 Å². The molecule has 0 amide bonds. The zero-order valence-corrected chi connectivity index (χ0v) is 6.26. The molecular weight excluding hydrogens is 164 g/mol. The molecule has 0 atom stereocenters. The van der Waals surface area contributed by atoms with Gasteiger partial charge in [-0.15, -0.1) is 12.6 Å². The quantitative estimate of drug-likeness (QED) is 0.639. The SMILES string of the molecule is O=C(O)c1cc2cc(S)c1o2. The van der Waals surface area contributed by atoms with Gasteiger partial charge < -0.3 is 9.52 Å². The minimum atomic E-state index is -0.977. The summed E-state index contributed by atoms with van der Waals surface area (Å²) in [5.41, 5.74) is 1.10.